The van der Waals surface area contributed by atoms with E-state index in [0.717, 1.165) is 12.8 Å². The Morgan fingerprint density at radius 3 is 2.60 bits per heavy atom. The summed E-state index contributed by atoms with van der Waals surface area (Å²) in [5.74, 6) is 0. The molecule has 1 heteroatoms. The Bertz CT molecular complexity index is 15.0. The zero-order valence-electron chi connectivity index (χ0n) is 4.83. The van der Waals surface area contributed by atoms with E-state index >= 15 is 0 Å². The molecule has 0 aromatic heterocycles. The molecule has 0 fully saturated rings. The van der Waals surface area contributed by atoms with Crippen molar-refractivity contribution in [1.29, 1.82) is 0 Å². The van der Waals surface area contributed by atoms with Gasteiger partial charge in [-0.3, -0.25) is 0 Å². The summed E-state index contributed by atoms with van der Waals surface area (Å²) in [5, 5.41) is 0. The van der Waals surface area contributed by atoms with Crippen LogP contribution in [0.1, 0.15) is 21.1 Å². The summed E-state index contributed by atoms with van der Waals surface area (Å²) in [4.78, 5) is 0. The van der Waals surface area contributed by atoms with Gasteiger partial charge < -0.3 is 6.92 Å². The Labute approximate surface area is 57.7 Å². The Morgan fingerprint density at radius 1 is 2.00 bits per heavy atom. The van der Waals surface area contributed by atoms with Crippen molar-refractivity contribution in [3.05, 3.63) is 6.92 Å². The van der Waals surface area contributed by atoms with Crippen LogP contribution < -0.4 is 29.6 Å². The van der Waals surface area contributed by atoms with Gasteiger partial charge in [-0.1, -0.05) is 13.3 Å². The van der Waals surface area contributed by atoms with E-state index in [1.807, 2.05) is 0 Å². The van der Waals surface area contributed by atoms with Gasteiger partial charge in [0.15, 0.2) is 0 Å². The van der Waals surface area contributed by atoms with Gasteiger partial charge in [0.2, 0.25) is 0 Å². The number of hydrogen-bond donors (Lipinski definition) is 0. The molecule has 5 heavy (non-hydrogen) atoms. The molecule has 0 saturated carbocycles. The molecule has 0 saturated heterocycles. The van der Waals surface area contributed by atoms with E-state index in [9.17, 15) is 0 Å². The fourth-order valence-electron chi connectivity index (χ4n) is 0. The van der Waals surface area contributed by atoms with Crippen LogP contribution in [0.25, 0.3) is 0 Å². The molecule has 0 aromatic rings. The monoisotopic (exact) mass is 81.1 g/mol. The predicted molar refractivity (Wildman–Crippen MR) is 20.3 cm³/mol. The Hall–Kier alpha value is 1.00. The van der Waals surface area contributed by atoms with Crippen LogP contribution in [0.4, 0.5) is 0 Å². The van der Waals surface area contributed by atoms with Gasteiger partial charge in [-0.05, 0) is 0 Å². The molecule has 0 aliphatic carbocycles. The average Bonchev–Trinajstić information content (AvgIpc) is 1.41. The third-order valence-electron chi connectivity index (χ3n) is 0.250. The minimum Gasteiger partial charge on any atom is -0.343 e. The van der Waals surface area contributed by atoms with E-state index in [2.05, 4.69) is 6.92 Å². The smallest absolute Gasteiger partial charge is 0.343 e. The van der Waals surface area contributed by atoms with Crippen molar-refractivity contribution < 1.29 is 30.9 Å². The summed E-state index contributed by atoms with van der Waals surface area (Å²) in [5.41, 5.74) is 0. The van der Waals surface area contributed by atoms with Gasteiger partial charge in [0.25, 0.3) is 0 Å². The first kappa shape index (κ1) is 6.00. The van der Waals surface area contributed by atoms with Crippen LogP contribution in [0, 0.1) is 6.92 Å². The van der Waals surface area contributed by atoms with Gasteiger partial charge in [0, 0.05) is 1.37 Å². The van der Waals surface area contributed by atoms with Gasteiger partial charge in [-0.2, -0.15) is 6.42 Å². The predicted octanol–water partition coefficient (Wildman–Crippen LogP) is -1.38. The molecule has 0 amide bonds. The fraction of sp³-hybridized carbons (Fsp3) is 0.750. The first-order chi connectivity index (χ1) is 2.41. The van der Waals surface area contributed by atoms with Crippen LogP contribution in [0.2, 0.25) is 0 Å². The zero-order chi connectivity index (χ0) is 4.12. The van der Waals surface area contributed by atoms with E-state index in [1.54, 1.807) is 0 Å². The van der Waals surface area contributed by atoms with Crippen molar-refractivity contribution in [1.82, 2.24) is 0 Å². The summed E-state index contributed by atoms with van der Waals surface area (Å²) in [6, 6.07) is 0. The quantitative estimate of drug-likeness (QED) is 0.270. The number of rotatable bonds is 1. The van der Waals surface area contributed by atoms with Crippen LogP contribution in [0.3, 0.4) is 0 Å². The summed E-state index contributed by atoms with van der Waals surface area (Å²) < 4.78 is 6.56. The number of hydrogen-bond acceptors (Lipinski definition) is 0. The van der Waals surface area contributed by atoms with Crippen LogP contribution in [0.5, 0.6) is 0 Å². The van der Waals surface area contributed by atoms with Crippen molar-refractivity contribution in [2.45, 2.75) is 19.7 Å². The van der Waals surface area contributed by atoms with Crippen LogP contribution >= 0.6 is 0 Å². The molecule has 0 N–H and O–H groups in total. The fourth-order valence-corrected chi connectivity index (χ4v) is 0. The summed E-state index contributed by atoms with van der Waals surface area (Å²) in [6.45, 7) is 4.09. The van der Waals surface area contributed by atoms with Crippen LogP contribution in [-0.4, -0.2) is 0 Å². The van der Waals surface area contributed by atoms with E-state index < -0.39 is 0 Å². The Morgan fingerprint density at radius 2 is 2.60 bits per heavy atom. The van der Waals surface area contributed by atoms with Gasteiger partial charge in [0.05, 0.1) is 0 Å². The molecule has 0 spiro atoms. The molecule has 0 unspecified atom stereocenters. The van der Waals surface area contributed by atoms with E-state index in [0.29, 0.717) is 6.90 Å². The molecular weight excluding hydrogens is 71.0 g/mol. The molecule has 0 aromatic carbocycles. The second kappa shape index (κ2) is 8.89. The van der Waals surface area contributed by atoms with Gasteiger partial charge in [-0.25, -0.2) is 0 Å². The van der Waals surface area contributed by atoms with E-state index in [1.165, 1.54) is 0 Å². The second-order valence-corrected chi connectivity index (χ2v) is 0.707. The number of unbranched alkanes of at least 4 members (excludes halogenated alkanes) is 1. The van der Waals surface area contributed by atoms with Crippen molar-refractivity contribution in [2.75, 3.05) is 0 Å². The Kier molecular flexibility index (Phi) is 10.7. The van der Waals surface area contributed by atoms with Crippen molar-refractivity contribution in [2.24, 2.45) is 0 Å². The normalized spacial score (nSPS) is 8.60. The maximum Gasteiger partial charge on any atom is 1.00 e. The SMILES string of the molecule is [2H]CCC[CH2-].[Na+]. The van der Waals surface area contributed by atoms with Crippen LogP contribution in [-0.2, 0) is 0 Å². The molecule has 0 bridgehead atoms. The summed E-state index contributed by atoms with van der Waals surface area (Å²) in [6.07, 6.45) is 1.85. The van der Waals surface area contributed by atoms with Crippen molar-refractivity contribution >= 4 is 0 Å². The van der Waals surface area contributed by atoms with Crippen molar-refractivity contribution in [3.8, 4) is 0 Å². The molecule has 0 heterocycles. The van der Waals surface area contributed by atoms with E-state index in [4.69, 9.17) is 1.37 Å². The second-order valence-electron chi connectivity index (χ2n) is 0.707. The molecule has 0 rings (SSSR count). The molecular formula is C4H9Na. The topological polar surface area (TPSA) is 0 Å². The van der Waals surface area contributed by atoms with Gasteiger partial charge in [0.1, 0.15) is 0 Å². The largest absolute Gasteiger partial charge is 1.00 e. The molecule has 0 radical (unpaired) electrons. The minimum absolute atomic E-state index is 0. The van der Waals surface area contributed by atoms with E-state index in [-0.39, 0.29) is 29.6 Å². The third-order valence-corrected chi connectivity index (χ3v) is 0.250. The first-order valence-corrected chi connectivity index (χ1v) is 1.50. The standard InChI is InChI=1S/C4H9.Na/c1-3-4-2;/h1,3-4H2,2H3;/q-1;+1/i2D;. The molecule has 26 valence electrons. The summed E-state index contributed by atoms with van der Waals surface area (Å²) in [7, 11) is 0. The maximum atomic E-state index is 6.56. The third kappa shape index (κ3) is 11.2. The first-order valence-electron chi connectivity index (χ1n) is 2.21. The average molecular weight is 81.1 g/mol. The van der Waals surface area contributed by atoms with Gasteiger partial charge in [-0.15, -0.1) is 0 Å². The van der Waals surface area contributed by atoms with Gasteiger partial charge >= 0.3 is 29.6 Å². The summed E-state index contributed by atoms with van der Waals surface area (Å²) >= 11 is 0. The van der Waals surface area contributed by atoms with Crippen LogP contribution in [0.15, 0.2) is 0 Å². The molecule has 0 aliphatic heterocycles. The minimum atomic E-state index is 0. The zero-order valence-corrected chi connectivity index (χ0v) is 5.83. The maximum absolute atomic E-state index is 6.56. The molecule has 0 atom stereocenters. The Balaban J connectivity index is 0. The van der Waals surface area contributed by atoms with Crippen molar-refractivity contribution in [3.63, 3.8) is 0 Å². The molecule has 0 aliphatic rings. The molecule has 0 nitrogen and oxygen atoms in total.